The van der Waals surface area contributed by atoms with E-state index in [0.29, 0.717) is 42.7 Å². The average molecular weight is 485 g/mol. The van der Waals surface area contributed by atoms with Gasteiger partial charge in [-0.05, 0) is 68.0 Å². The second-order valence-electron chi connectivity index (χ2n) is 9.52. The molecule has 35 heavy (non-hydrogen) atoms. The highest BCUT2D eigenvalue weighted by Gasteiger charge is 2.26. The van der Waals surface area contributed by atoms with Crippen molar-refractivity contribution >= 4 is 11.8 Å². The van der Waals surface area contributed by atoms with Crippen LogP contribution in [0.15, 0.2) is 48.5 Å². The fourth-order valence-corrected chi connectivity index (χ4v) is 4.34. The van der Waals surface area contributed by atoms with Crippen molar-refractivity contribution in [3.63, 3.8) is 0 Å². The number of carbonyl (C=O) groups excluding carboxylic acids is 2. The molecule has 0 radical (unpaired) electrons. The van der Waals surface area contributed by atoms with Crippen LogP contribution in [0.3, 0.4) is 0 Å². The van der Waals surface area contributed by atoms with Gasteiger partial charge in [-0.2, -0.15) is 0 Å². The Kier molecular flexibility index (Phi) is 9.94. The molecule has 7 heteroatoms. The quantitative estimate of drug-likeness (QED) is 0.567. The van der Waals surface area contributed by atoms with E-state index in [1.165, 1.54) is 12.1 Å². The van der Waals surface area contributed by atoms with Crippen molar-refractivity contribution in [2.45, 2.75) is 52.0 Å². The molecule has 1 aliphatic heterocycles. The molecule has 6 nitrogen and oxygen atoms in total. The van der Waals surface area contributed by atoms with Crippen LogP contribution in [0.2, 0.25) is 0 Å². The van der Waals surface area contributed by atoms with Gasteiger partial charge in [-0.15, -0.1) is 0 Å². The van der Waals surface area contributed by atoms with E-state index in [1.807, 2.05) is 30.1 Å². The van der Waals surface area contributed by atoms with E-state index in [-0.39, 0.29) is 36.7 Å². The lowest BCUT2D eigenvalue weighted by atomic mass is 10.0. The zero-order valence-electron chi connectivity index (χ0n) is 21.0. The predicted octanol–water partition coefficient (Wildman–Crippen LogP) is 5.17. The molecular formula is C28H37FN2O4. The van der Waals surface area contributed by atoms with Crippen LogP contribution in [0.1, 0.15) is 56.3 Å². The Morgan fingerprint density at radius 2 is 1.80 bits per heavy atom. The van der Waals surface area contributed by atoms with Gasteiger partial charge in [0.15, 0.2) is 0 Å². The summed E-state index contributed by atoms with van der Waals surface area (Å²) >= 11 is 0. The van der Waals surface area contributed by atoms with E-state index < -0.39 is 0 Å². The Labute approximate surface area is 208 Å². The van der Waals surface area contributed by atoms with Crippen molar-refractivity contribution in [2.24, 2.45) is 5.92 Å². The monoisotopic (exact) mass is 484 g/mol. The normalized spacial score (nSPS) is 17.6. The summed E-state index contributed by atoms with van der Waals surface area (Å²) in [5.74, 6) is 1.09. The molecule has 0 saturated carbocycles. The number of benzene rings is 2. The Balaban J connectivity index is 1.75. The summed E-state index contributed by atoms with van der Waals surface area (Å²) in [7, 11) is 1.82. The van der Waals surface area contributed by atoms with Crippen molar-refractivity contribution in [1.82, 2.24) is 9.80 Å². The molecule has 1 aliphatic rings. The largest absolute Gasteiger partial charge is 0.493 e. The number of hydrogen-bond acceptors (Lipinski definition) is 4. The fourth-order valence-electron chi connectivity index (χ4n) is 4.34. The van der Waals surface area contributed by atoms with Crippen LogP contribution >= 0.6 is 0 Å². The summed E-state index contributed by atoms with van der Waals surface area (Å²) in [5.41, 5.74) is 0.545. The van der Waals surface area contributed by atoms with Crippen LogP contribution in [0.4, 0.5) is 4.39 Å². The first-order valence-corrected chi connectivity index (χ1v) is 12.5. The molecule has 0 unspecified atom stereocenters. The zero-order chi connectivity index (χ0) is 25.2. The number of nitrogens with zero attached hydrogens (tertiary/aromatic N) is 2. The first-order valence-electron chi connectivity index (χ1n) is 12.5. The van der Waals surface area contributed by atoms with Gasteiger partial charge in [0.05, 0.1) is 24.6 Å². The van der Waals surface area contributed by atoms with Gasteiger partial charge in [-0.1, -0.05) is 26.0 Å². The van der Waals surface area contributed by atoms with E-state index in [9.17, 15) is 14.0 Å². The number of fused-ring (bicyclic) bond motifs is 1. The van der Waals surface area contributed by atoms with Gasteiger partial charge in [0.25, 0.3) is 5.91 Å². The lowest BCUT2D eigenvalue weighted by Crippen LogP contribution is -2.45. The molecule has 0 aliphatic carbocycles. The van der Waals surface area contributed by atoms with Crippen molar-refractivity contribution in [2.75, 3.05) is 33.4 Å². The van der Waals surface area contributed by atoms with Crippen LogP contribution in [0, 0.1) is 11.7 Å². The Bertz CT molecular complexity index is 964. The topological polar surface area (TPSA) is 59.1 Å². The molecule has 0 aromatic heterocycles. The van der Waals surface area contributed by atoms with Crippen LogP contribution in [-0.2, 0) is 4.79 Å². The van der Waals surface area contributed by atoms with Gasteiger partial charge < -0.3 is 19.3 Å². The second-order valence-corrected chi connectivity index (χ2v) is 9.52. The van der Waals surface area contributed by atoms with Crippen molar-refractivity contribution in [3.05, 3.63) is 59.9 Å². The van der Waals surface area contributed by atoms with Crippen LogP contribution in [-0.4, -0.2) is 61.0 Å². The highest BCUT2D eigenvalue weighted by atomic mass is 19.1. The molecule has 2 amide bonds. The number of rotatable bonds is 6. The minimum Gasteiger partial charge on any atom is -0.493 e. The molecule has 0 spiro atoms. The van der Waals surface area contributed by atoms with Gasteiger partial charge in [0, 0.05) is 20.1 Å². The third kappa shape index (κ3) is 7.98. The summed E-state index contributed by atoms with van der Waals surface area (Å²) in [4.78, 5) is 30.0. The summed E-state index contributed by atoms with van der Waals surface area (Å²) < 4.78 is 25.0. The summed E-state index contributed by atoms with van der Waals surface area (Å²) in [6, 6.07) is 13.0. The van der Waals surface area contributed by atoms with E-state index >= 15 is 0 Å². The molecular weight excluding hydrogens is 447 g/mol. The SMILES string of the molecule is CC(C)C[C@H]1COc2ccccc2C(=O)N(C)CCCCCN1C(=O)CCOc1ccc(F)cc1. The standard InChI is InChI=1S/C28H37FN2O4/c1-21(2)19-23-20-35-26-10-6-5-9-25(26)28(33)30(3)16-7-4-8-17-31(23)27(32)15-18-34-24-13-11-22(29)12-14-24/h5-6,9-14,21,23H,4,7-8,15-20H2,1-3H3/t23-/m0/s1. The van der Waals surface area contributed by atoms with Crippen LogP contribution in [0.25, 0.3) is 0 Å². The number of amides is 2. The summed E-state index contributed by atoms with van der Waals surface area (Å²) in [6.45, 7) is 6.09. The molecule has 2 aromatic rings. The first-order chi connectivity index (χ1) is 16.8. The van der Waals surface area contributed by atoms with Crippen LogP contribution in [0.5, 0.6) is 11.5 Å². The lowest BCUT2D eigenvalue weighted by Gasteiger charge is -2.33. The third-order valence-corrected chi connectivity index (χ3v) is 6.19. The van der Waals surface area contributed by atoms with Gasteiger partial charge in [-0.3, -0.25) is 9.59 Å². The maximum atomic E-state index is 13.3. The van der Waals surface area contributed by atoms with Crippen molar-refractivity contribution in [1.29, 1.82) is 0 Å². The number of ether oxygens (including phenoxy) is 2. The predicted molar refractivity (Wildman–Crippen MR) is 134 cm³/mol. The molecule has 0 fully saturated rings. The maximum Gasteiger partial charge on any atom is 0.257 e. The van der Waals surface area contributed by atoms with Gasteiger partial charge in [-0.25, -0.2) is 4.39 Å². The van der Waals surface area contributed by atoms with Gasteiger partial charge >= 0.3 is 0 Å². The molecule has 1 heterocycles. The summed E-state index contributed by atoms with van der Waals surface area (Å²) in [6.07, 6.45) is 3.67. The van der Waals surface area contributed by atoms with Gasteiger partial charge in [0.2, 0.25) is 5.91 Å². The van der Waals surface area contributed by atoms with E-state index in [0.717, 1.165) is 25.7 Å². The van der Waals surface area contributed by atoms with E-state index in [4.69, 9.17) is 9.47 Å². The van der Waals surface area contributed by atoms with Crippen molar-refractivity contribution < 1.29 is 23.5 Å². The lowest BCUT2D eigenvalue weighted by molar-refractivity contribution is -0.135. The second kappa shape index (κ2) is 13.1. The Hall–Kier alpha value is -3.09. The first kappa shape index (κ1) is 26.5. The van der Waals surface area contributed by atoms with Crippen molar-refractivity contribution in [3.8, 4) is 11.5 Å². The third-order valence-electron chi connectivity index (χ3n) is 6.19. The maximum absolute atomic E-state index is 13.3. The molecule has 2 aromatic carbocycles. The molecule has 0 bridgehead atoms. The van der Waals surface area contributed by atoms with E-state index in [2.05, 4.69) is 13.8 Å². The zero-order valence-corrected chi connectivity index (χ0v) is 21.0. The molecule has 190 valence electrons. The van der Waals surface area contributed by atoms with Gasteiger partial charge in [0.1, 0.15) is 23.9 Å². The molecule has 0 N–H and O–H groups in total. The Morgan fingerprint density at radius 1 is 1.09 bits per heavy atom. The Morgan fingerprint density at radius 3 is 2.54 bits per heavy atom. The summed E-state index contributed by atoms with van der Waals surface area (Å²) in [5, 5.41) is 0. The minimum absolute atomic E-state index is 0.0118. The number of carbonyl (C=O) groups is 2. The fraction of sp³-hybridized carbons (Fsp3) is 0.500. The number of para-hydroxylation sites is 1. The molecule has 3 rings (SSSR count). The van der Waals surface area contributed by atoms with Crippen LogP contribution < -0.4 is 9.47 Å². The smallest absolute Gasteiger partial charge is 0.257 e. The number of halogens is 1. The minimum atomic E-state index is -0.324. The molecule has 1 atom stereocenters. The van der Waals surface area contributed by atoms with E-state index in [1.54, 1.807) is 23.1 Å². The average Bonchev–Trinajstić information content (AvgIpc) is 2.85. The highest BCUT2D eigenvalue weighted by Crippen LogP contribution is 2.23. The molecule has 0 saturated heterocycles. The number of hydrogen-bond donors (Lipinski definition) is 0. The highest BCUT2D eigenvalue weighted by molar-refractivity contribution is 5.96.